The Hall–Kier alpha value is -2.52. The van der Waals surface area contributed by atoms with Crippen LogP contribution < -0.4 is 10.2 Å². The molecule has 3 heterocycles. The SMILES string of the molecule is CCc1[nH]c(C(=O)NC2CCN(c3cc(C(=O)O)c[nH]3)CC2OC)nc1Cl. The predicted octanol–water partition coefficient (Wildman–Crippen LogP) is 1.68. The lowest BCUT2D eigenvalue weighted by molar-refractivity contribution is 0.0537. The number of aromatic carboxylic acids is 1. The second kappa shape index (κ2) is 8.01. The van der Waals surface area contributed by atoms with Crippen molar-refractivity contribution in [1.29, 1.82) is 0 Å². The number of nitrogens with one attached hydrogen (secondary N) is 3. The molecule has 0 spiro atoms. The van der Waals surface area contributed by atoms with Gasteiger partial charge in [0.1, 0.15) is 5.82 Å². The number of anilines is 1. The van der Waals surface area contributed by atoms with Gasteiger partial charge in [0, 0.05) is 26.4 Å². The van der Waals surface area contributed by atoms with Crippen LogP contribution in [0.4, 0.5) is 5.82 Å². The molecule has 1 amide bonds. The highest BCUT2D eigenvalue weighted by Gasteiger charge is 2.32. The van der Waals surface area contributed by atoms with Crippen LogP contribution in [0.1, 0.15) is 40.0 Å². The van der Waals surface area contributed by atoms with Gasteiger partial charge in [-0.2, -0.15) is 0 Å². The first kappa shape index (κ1) is 19.2. The molecule has 4 N–H and O–H groups in total. The molecule has 0 aliphatic carbocycles. The minimum Gasteiger partial charge on any atom is -0.478 e. The summed E-state index contributed by atoms with van der Waals surface area (Å²) in [5.74, 6) is -0.411. The first-order chi connectivity index (χ1) is 12.9. The normalized spacial score (nSPS) is 19.9. The lowest BCUT2D eigenvalue weighted by Gasteiger charge is -2.38. The zero-order valence-electron chi connectivity index (χ0n) is 15.1. The van der Waals surface area contributed by atoms with Crippen LogP contribution in [0.2, 0.25) is 5.15 Å². The van der Waals surface area contributed by atoms with Gasteiger partial charge in [0.25, 0.3) is 5.91 Å². The minimum atomic E-state index is -0.980. The lowest BCUT2D eigenvalue weighted by atomic mass is 10.0. The third kappa shape index (κ3) is 4.09. The molecule has 0 bridgehead atoms. The van der Waals surface area contributed by atoms with Gasteiger partial charge >= 0.3 is 5.97 Å². The molecule has 0 aromatic carbocycles. The number of aromatic amines is 2. The van der Waals surface area contributed by atoms with Crippen molar-refractivity contribution in [2.75, 3.05) is 25.1 Å². The summed E-state index contributed by atoms with van der Waals surface area (Å²) in [6.07, 6.45) is 2.50. The van der Waals surface area contributed by atoms with Crippen LogP contribution in [0.3, 0.4) is 0 Å². The minimum absolute atomic E-state index is 0.185. The Morgan fingerprint density at radius 1 is 1.52 bits per heavy atom. The van der Waals surface area contributed by atoms with E-state index in [1.807, 2.05) is 11.8 Å². The van der Waals surface area contributed by atoms with E-state index >= 15 is 0 Å². The standard InChI is InChI=1S/C17H22ClN5O4/c1-3-10-14(18)22-15(20-10)16(24)21-11-4-5-23(8-12(11)27-2)13-6-9(7-19-13)17(25)26/h6-7,11-12,19H,3-5,8H2,1-2H3,(H,20,22)(H,21,24)(H,25,26). The molecule has 1 saturated heterocycles. The van der Waals surface area contributed by atoms with Crippen molar-refractivity contribution < 1.29 is 19.4 Å². The van der Waals surface area contributed by atoms with Crippen LogP contribution in [0.15, 0.2) is 12.3 Å². The van der Waals surface area contributed by atoms with Crippen molar-refractivity contribution >= 4 is 29.3 Å². The second-order valence-corrected chi connectivity index (χ2v) is 6.73. The maximum Gasteiger partial charge on any atom is 0.337 e. The van der Waals surface area contributed by atoms with Crippen LogP contribution in [-0.2, 0) is 11.2 Å². The quantitative estimate of drug-likeness (QED) is 0.590. The number of carboxylic acids is 1. The summed E-state index contributed by atoms with van der Waals surface area (Å²) >= 11 is 6.00. The number of methoxy groups -OCH3 is 1. The first-order valence-corrected chi connectivity index (χ1v) is 9.05. The van der Waals surface area contributed by atoms with E-state index < -0.39 is 5.97 Å². The predicted molar refractivity (Wildman–Crippen MR) is 99.6 cm³/mol. The molecule has 2 aromatic rings. The number of hydrogen-bond donors (Lipinski definition) is 4. The van der Waals surface area contributed by atoms with Gasteiger partial charge in [-0.05, 0) is 18.9 Å². The molecule has 0 saturated carbocycles. The lowest BCUT2D eigenvalue weighted by Crippen LogP contribution is -2.55. The van der Waals surface area contributed by atoms with Gasteiger partial charge in [0.2, 0.25) is 0 Å². The molecule has 1 aliphatic rings. The van der Waals surface area contributed by atoms with Crippen molar-refractivity contribution in [1.82, 2.24) is 20.3 Å². The molecule has 1 aliphatic heterocycles. The number of carbonyl (C=O) groups excluding carboxylic acids is 1. The smallest absolute Gasteiger partial charge is 0.337 e. The number of nitrogens with zero attached hydrogens (tertiary/aromatic N) is 2. The highest BCUT2D eigenvalue weighted by atomic mass is 35.5. The Bertz CT molecular complexity index is 833. The Morgan fingerprint density at radius 2 is 2.30 bits per heavy atom. The van der Waals surface area contributed by atoms with E-state index in [4.69, 9.17) is 21.4 Å². The Balaban J connectivity index is 1.65. The van der Waals surface area contributed by atoms with Crippen LogP contribution in [-0.4, -0.2) is 64.3 Å². The first-order valence-electron chi connectivity index (χ1n) is 8.67. The highest BCUT2D eigenvalue weighted by molar-refractivity contribution is 6.30. The second-order valence-electron chi connectivity index (χ2n) is 6.38. The van der Waals surface area contributed by atoms with E-state index in [0.29, 0.717) is 36.9 Å². The maximum absolute atomic E-state index is 12.5. The average Bonchev–Trinajstić information content (AvgIpc) is 3.29. The summed E-state index contributed by atoms with van der Waals surface area (Å²) in [4.78, 5) is 35.5. The number of hydrogen-bond acceptors (Lipinski definition) is 5. The molecular weight excluding hydrogens is 374 g/mol. The summed E-state index contributed by atoms with van der Waals surface area (Å²) in [6.45, 7) is 3.08. The Morgan fingerprint density at radius 3 is 2.89 bits per heavy atom. The summed E-state index contributed by atoms with van der Waals surface area (Å²) in [5.41, 5.74) is 0.928. The van der Waals surface area contributed by atoms with Crippen molar-refractivity contribution in [2.45, 2.75) is 31.9 Å². The largest absolute Gasteiger partial charge is 0.478 e. The number of carbonyl (C=O) groups is 2. The summed E-state index contributed by atoms with van der Waals surface area (Å²) < 4.78 is 5.55. The summed E-state index contributed by atoms with van der Waals surface area (Å²) in [7, 11) is 1.59. The van der Waals surface area contributed by atoms with Gasteiger partial charge in [0.15, 0.2) is 11.0 Å². The number of amides is 1. The molecular formula is C17H22ClN5O4. The number of H-pyrrole nitrogens is 2. The zero-order valence-corrected chi connectivity index (χ0v) is 15.8. The fourth-order valence-electron chi connectivity index (χ4n) is 3.19. The molecule has 9 nitrogen and oxygen atoms in total. The number of aryl methyl sites for hydroxylation is 1. The molecule has 2 aromatic heterocycles. The molecule has 27 heavy (non-hydrogen) atoms. The third-order valence-electron chi connectivity index (χ3n) is 4.73. The zero-order chi connectivity index (χ0) is 19.6. The van der Waals surface area contributed by atoms with Gasteiger partial charge < -0.3 is 30.0 Å². The van der Waals surface area contributed by atoms with Crippen molar-refractivity contribution in [3.8, 4) is 0 Å². The van der Waals surface area contributed by atoms with Gasteiger partial charge in [0.05, 0.1) is 23.4 Å². The van der Waals surface area contributed by atoms with Gasteiger partial charge in [-0.1, -0.05) is 18.5 Å². The molecule has 10 heteroatoms. The van der Waals surface area contributed by atoms with E-state index in [1.165, 1.54) is 6.20 Å². The number of halogens is 1. The van der Waals surface area contributed by atoms with Crippen molar-refractivity contribution in [2.24, 2.45) is 0 Å². The fraction of sp³-hybridized carbons (Fsp3) is 0.471. The third-order valence-corrected chi connectivity index (χ3v) is 5.04. The summed E-state index contributed by atoms with van der Waals surface area (Å²) in [6, 6.07) is 1.40. The van der Waals surface area contributed by atoms with E-state index in [9.17, 15) is 9.59 Å². The number of aromatic nitrogens is 3. The van der Waals surface area contributed by atoms with Crippen LogP contribution >= 0.6 is 11.6 Å². The van der Waals surface area contributed by atoms with Crippen molar-refractivity contribution in [3.63, 3.8) is 0 Å². The van der Waals surface area contributed by atoms with Gasteiger partial charge in [-0.15, -0.1) is 0 Å². The Kier molecular flexibility index (Phi) is 5.71. The molecule has 2 unspecified atom stereocenters. The number of carboxylic acid groups (broad SMARTS) is 1. The number of ether oxygens (including phenoxy) is 1. The molecule has 2 atom stereocenters. The number of piperidine rings is 1. The van der Waals surface area contributed by atoms with Gasteiger partial charge in [-0.3, -0.25) is 4.79 Å². The van der Waals surface area contributed by atoms with E-state index in [0.717, 1.165) is 5.69 Å². The number of imidazole rings is 1. The molecule has 146 valence electrons. The monoisotopic (exact) mass is 395 g/mol. The molecule has 3 rings (SSSR count). The molecule has 1 fully saturated rings. The topological polar surface area (TPSA) is 123 Å². The van der Waals surface area contributed by atoms with E-state index in [-0.39, 0.29) is 29.4 Å². The van der Waals surface area contributed by atoms with Gasteiger partial charge in [-0.25, -0.2) is 9.78 Å². The summed E-state index contributed by atoms with van der Waals surface area (Å²) in [5, 5.41) is 12.3. The van der Waals surface area contributed by atoms with Crippen LogP contribution in [0.5, 0.6) is 0 Å². The highest BCUT2D eigenvalue weighted by Crippen LogP contribution is 2.22. The van der Waals surface area contributed by atoms with E-state index in [2.05, 4.69) is 20.3 Å². The Labute approximate surface area is 161 Å². The van der Waals surface area contributed by atoms with E-state index in [1.54, 1.807) is 13.2 Å². The van der Waals surface area contributed by atoms with Crippen LogP contribution in [0.25, 0.3) is 0 Å². The molecule has 0 radical (unpaired) electrons. The number of rotatable bonds is 6. The maximum atomic E-state index is 12.5. The van der Waals surface area contributed by atoms with Crippen LogP contribution in [0, 0.1) is 0 Å². The van der Waals surface area contributed by atoms with Crippen molar-refractivity contribution in [3.05, 3.63) is 34.5 Å². The fourth-order valence-corrected chi connectivity index (χ4v) is 3.46. The average molecular weight is 396 g/mol.